The lowest BCUT2D eigenvalue weighted by Crippen LogP contribution is -2.12. The SMILES string of the molecule is O=C(Nc1ccccc1O)c1ccc2nccn2c1. The molecule has 3 aromatic rings. The molecule has 2 aromatic heterocycles. The number of nitrogens with one attached hydrogen (secondary N) is 1. The quantitative estimate of drug-likeness (QED) is 0.688. The summed E-state index contributed by atoms with van der Waals surface area (Å²) in [6, 6.07) is 10.1. The van der Waals surface area contributed by atoms with Gasteiger partial charge >= 0.3 is 0 Å². The molecule has 5 nitrogen and oxygen atoms in total. The Morgan fingerprint density at radius 1 is 1.21 bits per heavy atom. The fraction of sp³-hybridized carbons (Fsp3) is 0. The molecule has 0 aliphatic carbocycles. The second-order valence-corrected chi connectivity index (χ2v) is 4.08. The van der Waals surface area contributed by atoms with Crippen LogP contribution in [0.4, 0.5) is 5.69 Å². The molecule has 0 atom stereocenters. The minimum absolute atomic E-state index is 0.0413. The summed E-state index contributed by atoms with van der Waals surface area (Å²) < 4.78 is 1.76. The molecule has 2 heterocycles. The Morgan fingerprint density at radius 3 is 2.89 bits per heavy atom. The number of aromatic hydroxyl groups is 1. The lowest BCUT2D eigenvalue weighted by Gasteiger charge is -2.07. The molecule has 19 heavy (non-hydrogen) atoms. The van der Waals surface area contributed by atoms with Crippen molar-refractivity contribution in [3.63, 3.8) is 0 Å². The van der Waals surface area contributed by atoms with Crippen molar-refractivity contribution in [3.05, 3.63) is 60.6 Å². The first-order valence-electron chi connectivity index (χ1n) is 5.76. The van der Waals surface area contributed by atoms with Crippen LogP contribution in [0, 0.1) is 0 Å². The molecule has 1 amide bonds. The Balaban J connectivity index is 1.89. The van der Waals surface area contributed by atoms with Crippen molar-refractivity contribution < 1.29 is 9.90 Å². The average Bonchev–Trinajstić information content (AvgIpc) is 2.88. The maximum atomic E-state index is 12.1. The van der Waals surface area contributed by atoms with E-state index in [9.17, 15) is 9.90 Å². The smallest absolute Gasteiger partial charge is 0.257 e. The lowest BCUT2D eigenvalue weighted by atomic mass is 10.2. The van der Waals surface area contributed by atoms with E-state index in [1.54, 1.807) is 53.3 Å². The van der Waals surface area contributed by atoms with E-state index in [2.05, 4.69) is 10.3 Å². The highest BCUT2D eigenvalue weighted by Gasteiger charge is 2.09. The number of amides is 1. The zero-order chi connectivity index (χ0) is 13.2. The predicted octanol–water partition coefficient (Wildman–Crippen LogP) is 2.29. The summed E-state index contributed by atoms with van der Waals surface area (Å²) in [5.41, 5.74) is 1.66. The fourth-order valence-corrected chi connectivity index (χ4v) is 1.83. The zero-order valence-electron chi connectivity index (χ0n) is 9.95. The van der Waals surface area contributed by atoms with E-state index in [1.165, 1.54) is 6.07 Å². The van der Waals surface area contributed by atoms with Crippen LogP contribution in [-0.2, 0) is 0 Å². The third kappa shape index (κ3) is 2.13. The van der Waals surface area contributed by atoms with Crippen LogP contribution < -0.4 is 5.32 Å². The van der Waals surface area contributed by atoms with Crippen LogP contribution >= 0.6 is 0 Å². The van der Waals surface area contributed by atoms with E-state index >= 15 is 0 Å². The maximum absolute atomic E-state index is 12.1. The number of aromatic nitrogens is 2. The van der Waals surface area contributed by atoms with Gasteiger partial charge < -0.3 is 14.8 Å². The van der Waals surface area contributed by atoms with E-state index in [0.717, 1.165) is 5.65 Å². The van der Waals surface area contributed by atoms with Gasteiger partial charge in [0.15, 0.2) is 0 Å². The van der Waals surface area contributed by atoms with Gasteiger partial charge in [0.05, 0.1) is 11.3 Å². The first-order valence-corrected chi connectivity index (χ1v) is 5.76. The minimum Gasteiger partial charge on any atom is -0.506 e. The number of carbonyl (C=O) groups excluding carboxylic acids is 1. The Morgan fingerprint density at radius 2 is 2.05 bits per heavy atom. The van der Waals surface area contributed by atoms with Gasteiger partial charge in [0.25, 0.3) is 5.91 Å². The van der Waals surface area contributed by atoms with Gasteiger partial charge in [-0.1, -0.05) is 12.1 Å². The topological polar surface area (TPSA) is 66.6 Å². The van der Waals surface area contributed by atoms with Crippen molar-refractivity contribution in [2.45, 2.75) is 0 Å². The number of nitrogens with zero attached hydrogens (tertiary/aromatic N) is 2. The number of imidazole rings is 1. The van der Waals surface area contributed by atoms with Crippen LogP contribution in [0.3, 0.4) is 0 Å². The van der Waals surface area contributed by atoms with Crippen molar-refractivity contribution >= 4 is 17.2 Å². The van der Waals surface area contributed by atoms with E-state index in [4.69, 9.17) is 0 Å². The molecule has 0 fully saturated rings. The fourth-order valence-electron chi connectivity index (χ4n) is 1.83. The zero-order valence-corrected chi connectivity index (χ0v) is 9.95. The van der Waals surface area contributed by atoms with Crippen LogP contribution in [0.15, 0.2) is 55.0 Å². The van der Waals surface area contributed by atoms with Gasteiger partial charge in [-0.2, -0.15) is 0 Å². The number of phenols is 1. The number of anilines is 1. The highest BCUT2D eigenvalue weighted by atomic mass is 16.3. The molecule has 94 valence electrons. The average molecular weight is 253 g/mol. The highest BCUT2D eigenvalue weighted by molar-refractivity contribution is 6.04. The summed E-state index contributed by atoms with van der Waals surface area (Å²) in [6.45, 7) is 0. The highest BCUT2D eigenvalue weighted by Crippen LogP contribution is 2.22. The number of phenolic OH excluding ortho intramolecular Hbond substituents is 1. The Hall–Kier alpha value is -2.82. The summed E-state index contributed by atoms with van der Waals surface area (Å²) in [7, 11) is 0. The molecule has 1 aromatic carbocycles. The number of para-hydroxylation sites is 2. The number of fused-ring (bicyclic) bond motifs is 1. The van der Waals surface area contributed by atoms with E-state index in [-0.39, 0.29) is 11.7 Å². The Labute approximate surface area is 109 Å². The molecular formula is C14H11N3O2. The third-order valence-electron chi connectivity index (χ3n) is 2.80. The van der Waals surface area contributed by atoms with Crippen LogP contribution in [0.25, 0.3) is 5.65 Å². The molecule has 0 aliphatic heterocycles. The summed E-state index contributed by atoms with van der Waals surface area (Å²) in [5.74, 6) is -0.239. The number of carbonyl (C=O) groups is 1. The minimum atomic E-state index is -0.280. The normalized spacial score (nSPS) is 10.5. The van der Waals surface area contributed by atoms with Crippen molar-refractivity contribution in [1.82, 2.24) is 9.38 Å². The molecule has 0 aliphatic rings. The van der Waals surface area contributed by atoms with Crippen molar-refractivity contribution in [3.8, 4) is 5.75 Å². The third-order valence-corrected chi connectivity index (χ3v) is 2.80. The first kappa shape index (κ1) is 11.3. The van der Waals surface area contributed by atoms with Gasteiger partial charge in [-0.05, 0) is 24.3 Å². The second kappa shape index (κ2) is 4.45. The largest absolute Gasteiger partial charge is 0.506 e. The van der Waals surface area contributed by atoms with Crippen molar-refractivity contribution in [2.24, 2.45) is 0 Å². The molecule has 0 radical (unpaired) electrons. The standard InChI is InChI=1S/C14H11N3O2/c18-12-4-2-1-3-11(12)16-14(19)10-5-6-13-15-7-8-17(13)9-10/h1-9,18H,(H,16,19). The first-order chi connectivity index (χ1) is 9.24. The van der Waals surface area contributed by atoms with Crippen LogP contribution in [0.5, 0.6) is 5.75 Å². The number of pyridine rings is 1. The van der Waals surface area contributed by atoms with Gasteiger partial charge in [-0.3, -0.25) is 4.79 Å². The van der Waals surface area contributed by atoms with Gasteiger partial charge in [-0.25, -0.2) is 4.98 Å². The Bertz CT molecular complexity index is 749. The maximum Gasteiger partial charge on any atom is 0.257 e. The molecule has 0 bridgehead atoms. The van der Waals surface area contributed by atoms with E-state index in [0.29, 0.717) is 11.3 Å². The van der Waals surface area contributed by atoms with Gasteiger partial charge in [0, 0.05) is 18.6 Å². The molecule has 0 unspecified atom stereocenters. The number of hydrogen-bond acceptors (Lipinski definition) is 3. The van der Waals surface area contributed by atoms with Gasteiger partial charge in [-0.15, -0.1) is 0 Å². The van der Waals surface area contributed by atoms with Crippen LogP contribution in [-0.4, -0.2) is 20.4 Å². The lowest BCUT2D eigenvalue weighted by molar-refractivity contribution is 0.102. The molecule has 0 saturated heterocycles. The summed E-state index contributed by atoms with van der Waals surface area (Å²) in [4.78, 5) is 16.2. The molecule has 5 heteroatoms. The summed E-state index contributed by atoms with van der Waals surface area (Å²) >= 11 is 0. The van der Waals surface area contributed by atoms with E-state index in [1.807, 2.05) is 0 Å². The van der Waals surface area contributed by atoms with Gasteiger partial charge in [0.1, 0.15) is 11.4 Å². The second-order valence-electron chi connectivity index (χ2n) is 4.08. The van der Waals surface area contributed by atoms with Gasteiger partial charge in [0.2, 0.25) is 0 Å². The number of rotatable bonds is 2. The monoisotopic (exact) mass is 253 g/mol. The van der Waals surface area contributed by atoms with Crippen molar-refractivity contribution in [1.29, 1.82) is 0 Å². The molecular weight excluding hydrogens is 242 g/mol. The molecule has 0 saturated carbocycles. The van der Waals surface area contributed by atoms with Crippen LogP contribution in [0.1, 0.15) is 10.4 Å². The predicted molar refractivity (Wildman–Crippen MR) is 71.3 cm³/mol. The number of benzene rings is 1. The molecule has 0 spiro atoms. The van der Waals surface area contributed by atoms with E-state index < -0.39 is 0 Å². The summed E-state index contributed by atoms with van der Waals surface area (Å²) in [5, 5.41) is 12.3. The number of hydrogen-bond donors (Lipinski definition) is 2. The Kier molecular flexibility index (Phi) is 2.64. The van der Waals surface area contributed by atoms with Crippen LogP contribution in [0.2, 0.25) is 0 Å². The summed E-state index contributed by atoms with van der Waals surface area (Å²) in [6.07, 6.45) is 5.13. The molecule has 3 rings (SSSR count). The molecule has 2 N–H and O–H groups in total. The van der Waals surface area contributed by atoms with Crippen molar-refractivity contribution in [2.75, 3.05) is 5.32 Å².